The number of hydrogen-bond acceptors (Lipinski definition) is 6. The molecule has 1 saturated heterocycles. The van der Waals surface area contributed by atoms with Gasteiger partial charge in [0.15, 0.2) is 12.3 Å². The van der Waals surface area contributed by atoms with Crippen LogP contribution in [-0.2, 0) is 16.2 Å². The number of carbonyl (C=O) groups excluding carboxylic acids is 1. The van der Waals surface area contributed by atoms with Gasteiger partial charge in [-0.15, -0.1) is 0 Å². The summed E-state index contributed by atoms with van der Waals surface area (Å²) < 4.78 is 20.7. The van der Waals surface area contributed by atoms with E-state index in [0.717, 1.165) is 12.3 Å². The molecule has 134 valence electrons. The van der Waals surface area contributed by atoms with E-state index in [1.165, 1.54) is 0 Å². The number of ether oxygens (including phenoxy) is 2. The Morgan fingerprint density at radius 1 is 1.43 bits per heavy atom. The summed E-state index contributed by atoms with van der Waals surface area (Å²) in [6, 6.07) is 0. The Hall–Kier alpha value is -0.210. The van der Waals surface area contributed by atoms with Crippen LogP contribution in [0.25, 0.3) is 0 Å². The minimum atomic E-state index is -0.504. The molecule has 1 heterocycles. The molecule has 1 fully saturated rings. The molecule has 0 bridgehead atoms. The number of hydrogen-bond donors (Lipinski definition) is 0. The lowest BCUT2D eigenvalue weighted by Gasteiger charge is -2.32. The minimum absolute atomic E-state index is 0.287. The highest BCUT2D eigenvalue weighted by Crippen LogP contribution is 2.14. The maximum atomic E-state index is 12.0. The molecule has 8 heteroatoms. The van der Waals surface area contributed by atoms with Crippen molar-refractivity contribution in [1.82, 2.24) is 4.90 Å². The summed E-state index contributed by atoms with van der Waals surface area (Å²) in [5.74, 6) is 5.87. The second-order valence-corrected chi connectivity index (χ2v) is 6.98. The first-order valence-corrected chi connectivity index (χ1v) is 9.08. The van der Waals surface area contributed by atoms with Gasteiger partial charge in [-0.3, -0.25) is 4.18 Å². The van der Waals surface area contributed by atoms with Crippen LogP contribution in [0.5, 0.6) is 0 Å². The number of rotatable bonds is 3. The molecule has 0 spiro atoms. The second kappa shape index (κ2) is 12.2. The zero-order valence-electron chi connectivity index (χ0n) is 14.6. The predicted octanol–water partition coefficient (Wildman–Crippen LogP) is 3.99. The van der Waals surface area contributed by atoms with E-state index in [9.17, 15) is 4.79 Å². The van der Waals surface area contributed by atoms with E-state index in [1.807, 2.05) is 41.5 Å². The summed E-state index contributed by atoms with van der Waals surface area (Å²) in [6.45, 7) is 12.7. The Bertz CT molecular complexity index is 405. The summed E-state index contributed by atoms with van der Waals surface area (Å²) in [7, 11) is 0. The fourth-order valence-electron chi connectivity index (χ4n) is 1.54. The molecule has 0 aromatic carbocycles. The van der Waals surface area contributed by atoms with E-state index in [0.29, 0.717) is 19.7 Å². The normalized spacial score (nSPS) is 18.9. The summed E-state index contributed by atoms with van der Waals surface area (Å²) in [5, 5.41) is 0. The molecule has 1 rings (SSSR count). The summed E-state index contributed by atoms with van der Waals surface area (Å²) in [5.41, 5.74) is -0.504. The lowest BCUT2D eigenvalue weighted by molar-refractivity contribution is -0.0237. The van der Waals surface area contributed by atoms with Crippen molar-refractivity contribution in [3.8, 4) is 11.8 Å². The third-order valence-electron chi connectivity index (χ3n) is 2.38. The molecule has 2 atom stereocenters. The molecule has 0 saturated carbocycles. The molecule has 0 aromatic heterocycles. The molecule has 0 aromatic rings. The van der Waals surface area contributed by atoms with Crippen LogP contribution in [0.3, 0.4) is 0 Å². The van der Waals surface area contributed by atoms with Crippen molar-refractivity contribution in [2.45, 2.75) is 59.4 Å². The molecule has 1 aliphatic heterocycles. The van der Waals surface area contributed by atoms with E-state index < -0.39 is 5.60 Å². The van der Waals surface area contributed by atoms with Gasteiger partial charge in [0.05, 0.1) is 13.2 Å². The lowest BCUT2D eigenvalue weighted by Crippen LogP contribution is -2.47. The van der Waals surface area contributed by atoms with E-state index in [2.05, 4.69) is 11.8 Å². The molecule has 0 N–H and O–H groups in total. The fourth-order valence-corrected chi connectivity index (χ4v) is 1.99. The van der Waals surface area contributed by atoms with Crippen molar-refractivity contribution in [2.24, 2.45) is 0 Å². The van der Waals surface area contributed by atoms with Crippen LogP contribution in [0.1, 0.15) is 41.5 Å². The second-order valence-electron chi connectivity index (χ2n) is 5.44. The van der Waals surface area contributed by atoms with Crippen LogP contribution in [0.15, 0.2) is 0 Å². The Morgan fingerprint density at radius 2 is 2.09 bits per heavy atom. The highest BCUT2D eigenvalue weighted by atomic mass is 127. The van der Waals surface area contributed by atoms with Gasteiger partial charge in [-0.2, -0.15) is 0 Å². The van der Waals surface area contributed by atoms with Crippen molar-refractivity contribution in [2.75, 3.05) is 19.7 Å². The van der Waals surface area contributed by atoms with Crippen LogP contribution in [0.2, 0.25) is 0 Å². The van der Waals surface area contributed by atoms with Gasteiger partial charge in [0.2, 0.25) is 0 Å². The molecule has 1 amide bonds. The van der Waals surface area contributed by atoms with Crippen molar-refractivity contribution in [1.29, 1.82) is 0 Å². The molecular formula is C15H26INO5S. The van der Waals surface area contributed by atoms with Crippen molar-refractivity contribution in [3.05, 3.63) is 0 Å². The van der Waals surface area contributed by atoms with Gasteiger partial charge in [0.25, 0.3) is 0 Å². The zero-order valence-corrected chi connectivity index (χ0v) is 17.5. The Balaban J connectivity index is 0.00000232. The van der Waals surface area contributed by atoms with E-state index >= 15 is 0 Å². The molecule has 6 nitrogen and oxygen atoms in total. The third kappa shape index (κ3) is 11.1. The monoisotopic (exact) mass is 459 g/mol. The largest absolute Gasteiger partial charge is 0.444 e. The smallest absolute Gasteiger partial charge is 0.410 e. The standard InChI is InChI=1S/C13H20INO5S.C2H6/c1-10(19-21-20-14)5-6-11-9-15(7-8-17-11)12(16)18-13(2,3)4;1-2/h10-11H,7-9H2,1-4H3;1-2H3. The highest BCUT2D eigenvalue weighted by molar-refractivity contribution is 14.1. The quantitative estimate of drug-likeness (QED) is 0.362. The maximum absolute atomic E-state index is 12.0. The number of nitrogens with zero attached hydrogens (tertiary/aromatic N) is 1. The van der Waals surface area contributed by atoms with Gasteiger partial charge in [0.1, 0.15) is 40.8 Å². The minimum Gasteiger partial charge on any atom is -0.444 e. The molecular weight excluding hydrogens is 433 g/mol. The SMILES string of the molecule is CC.CC(C#CC1CN(C(=O)OC(C)(C)C)CCO1)OSOI. The van der Waals surface area contributed by atoms with Gasteiger partial charge >= 0.3 is 6.09 Å². The molecule has 1 aliphatic rings. The van der Waals surface area contributed by atoms with Crippen LogP contribution in [-0.4, -0.2) is 48.5 Å². The van der Waals surface area contributed by atoms with E-state index in [4.69, 9.17) is 16.2 Å². The zero-order chi connectivity index (χ0) is 17.9. The van der Waals surface area contributed by atoms with Gasteiger partial charge in [-0.25, -0.2) is 7.31 Å². The highest BCUT2D eigenvalue weighted by Gasteiger charge is 2.27. The summed E-state index contributed by atoms with van der Waals surface area (Å²) in [4.78, 5) is 13.6. The average molecular weight is 459 g/mol. The Kier molecular flexibility index (Phi) is 12.1. The van der Waals surface area contributed by atoms with Crippen LogP contribution in [0.4, 0.5) is 4.79 Å². The summed E-state index contributed by atoms with van der Waals surface area (Å²) in [6.07, 6.45) is -0.955. The Labute approximate surface area is 158 Å². The Morgan fingerprint density at radius 3 is 2.65 bits per heavy atom. The third-order valence-corrected chi connectivity index (χ3v) is 3.23. The van der Waals surface area contributed by atoms with Gasteiger partial charge < -0.3 is 14.4 Å². The molecule has 0 radical (unpaired) electrons. The number of halogens is 1. The maximum Gasteiger partial charge on any atom is 0.410 e. The average Bonchev–Trinajstić information content (AvgIpc) is 2.51. The predicted molar refractivity (Wildman–Crippen MR) is 99.9 cm³/mol. The summed E-state index contributed by atoms with van der Waals surface area (Å²) >= 11 is 2.59. The van der Waals surface area contributed by atoms with Gasteiger partial charge in [0, 0.05) is 6.54 Å². The van der Waals surface area contributed by atoms with Crippen molar-refractivity contribution >= 4 is 41.4 Å². The van der Waals surface area contributed by atoms with Crippen molar-refractivity contribution in [3.63, 3.8) is 0 Å². The van der Waals surface area contributed by atoms with E-state index in [-0.39, 0.29) is 18.3 Å². The van der Waals surface area contributed by atoms with E-state index in [1.54, 1.807) is 27.9 Å². The molecule has 2 unspecified atom stereocenters. The fraction of sp³-hybridized carbons (Fsp3) is 0.800. The van der Waals surface area contributed by atoms with Crippen LogP contribution in [0, 0.1) is 11.8 Å². The first-order chi connectivity index (χ1) is 10.8. The molecule has 0 aliphatic carbocycles. The lowest BCUT2D eigenvalue weighted by atomic mass is 10.2. The first kappa shape index (κ1) is 22.8. The van der Waals surface area contributed by atoms with Gasteiger partial charge in [-0.1, -0.05) is 25.7 Å². The number of amides is 1. The van der Waals surface area contributed by atoms with Crippen LogP contribution < -0.4 is 0 Å². The number of carbonyl (C=O) groups is 1. The van der Waals surface area contributed by atoms with Crippen LogP contribution >= 0.6 is 35.3 Å². The molecule has 23 heavy (non-hydrogen) atoms. The topological polar surface area (TPSA) is 57.2 Å². The van der Waals surface area contributed by atoms with Crippen molar-refractivity contribution < 1.29 is 21.0 Å². The van der Waals surface area contributed by atoms with Gasteiger partial charge in [-0.05, 0) is 27.7 Å². The number of morpholine rings is 1. The first-order valence-electron chi connectivity index (χ1n) is 7.53.